The smallest absolute Gasteiger partial charge is 0.255 e. The zero-order chi connectivity index (χ0) is 26.8. The van der Waals surface area contributed by atoms with Gasteiger partial charge in [0, 0.05) is 23.3 Å². The Hall–Kier alpha value is -3.99. The van der Waals surface area contributed by atoms with Crippen LogP contribution in [-0.2, 0) is 13.0 Å². The number of hydrogen-bond acceptors (Lipinski definition) is 8. The fourth-order valence-corrected chi connectivity index (χ4v) is 4.68. The van der Waals surface area contributed by atoms with Gasteiger partial charge in [-0.05, 0) is 47.4 Å². The summed E-state index contributed by atoms with van der Waals surface area (Å²) in [6, 6.07) is 13.9. The molecule has 12 heteroatoms. The fourth-order valence-electron chi connectivity index (χ4n) is 4.33. The predicted molar refractivity (Wildman–Crippen MR) is 145 cm³/mol. The lowest BCUT2D eigenvalue weighted by molar-refractivity contribution is 0.0917. The Morgan fingerprint density at radius 2 is 1.89 bits per heavy atom. The van der Waals surface area contributed by atoms with Gasteiger partial charge in [0.25, 0.3) is 5.91 Å². The third kappa shape index (κ3) is 4.81. The van der Waals surface area contributed by atoms with Gasteiger partial charge in [-0.2, -0.15) is 0 Å². The number of aromatic nitrogens is 5. The number of amides is 1. The number of aryl methyl sites for hydroxylation is 1. The van der Waals surface area contributed by atoms with Crippen molar-refractivity contribution in [3.05, 3.63) is 75.9 Å². The standard InChI is InChI=1S/C26H23Cl2N7O3/c1-2-35-23-18(26(37)31-16(13-36)11-14-7-9-15(27)10-8-14)12-30-20(17-5-3-4-6-19(17)28)21(23)32-25(35)22-24(29)34-38-33-22/h3-10,12,16,36H,2,11,13H2,1H3,(H2,29,34)(H,31,37). The number of anilines is 1. The minimum Gasteiger partial charge on any atom is -0.394 e. The lowest BCUT2D eigenvalue weighted by Crippen LogP contribution is -2.39. The van der Waals surface area contributed by atoms with Gasteiger partial charge in [-0.3, -0.25) is 9.78 Å². The zero-order valence-electron chi connectivity index (χ0n) is 20.2. The Bertz CT molecular complexity index is 1620. The van der Waals surface area contributed by atoms with E-state index in [4.69, 9.17) is 38.5 Å². The zero-order valence-corrected chi connectivity index (χ0v) is 21.7. The summed E-state index contributed by atoms with van der Waals surface area (Å²) in [6.45, 7) is 2.07. The summed E-state index contributed by atoms with van der Waals surface area (Å²) in [5.41, 5.74) is 9.50. The number of hydrogen-bond donors (Lipinski definition) is 3. The van der Waals surface area contributed by atoms with E-state index in [1.54, 1.807) is 22.8 Å². The molecule has 4 N–H and O–H groups in total. The molecule has 1 amide bonds. The molecule has 3 aromatic heterocycles. The Labute approximate surface area is 227 Å². The number of carbonyl (C=O) groups excluding carboxylic acids is 1. The lowest BCUT2D eigenvalue weighted by Gasteiger charge is -2.18. The van der Waals surface area contributed by atoms with Gasteiger partial charge >= 0.3 is 0 Å². The number of pyridine rings is 1. The number of nitrogens with two attached hydrogens (primary N) is 1. The van der Waals surface area contributed by atoms with Crippen LogP contribution in [-0.4, -0.2) is 48.5 Å². The number of imidazole rings is 1. The molecule has 0 saturated carbocycles. The van der Waals surface area contributed by atoms with Gasteiger partial charge < -0.3 is 20.7 Å². The number of aliphatic hydroxyl groups is 1. The van der Waals surface area contributed by atoms with Gasteiger partial charge in [0.15, 0.2) is 17.3 Å². The summed E-state index contributed by atoms with van der Waals surface area (Å²) in [4.78, 5) is 23.0. The van der Waals surface area contributed by atoms with Crippen LogP contribution >= 0.6 is 23.2 Å². The molecule has 1 unspecified atom stereocenters. The minimum atomic E-state index is -0.546. The van der Waals surface area contributed by atoms with E-state index in [2.05, 4.69) is 20.6 Å². The number of benzene rings is 2. The molecule has 5 rings (SSSR count). The van der Waals surface area contributed by atoms with E-state index in [1.807, 2.05) is 37.3 Å². The van der Waals surface area contributed by atoms with Crippen molar-refractivity contribution in [2.75, 3.05) is 12.3 Å². The maximum absolute atomic E-state index is 13.6. The molecule has 2 aromatic carbocycles. The first-order chi connectivity index (χ1) is 18.4. The third-order valence-electron chi connectivity index (χ3n) is 6.14. The first-order valence-electron chi connectivity index (χ1n) is 11.8. The molecule has 1 atom stereocenters. The molecular formula is C26H23Cl2N7O3. The maximum atomic E-state index is 13.6. The number of aliphatic hydroxyl groups excluding tert-OH is 1. The van der Waals surface area contributed by atoms with E-state index in [1.165, 1.54) is 6.20 Å². The monoisotopic (exact) mass is 551 g/mol. The quantitative estimate of drug-likeness (QED) is 0.257. The highest BCUT2D eigenvalue weighted by Gasteiger charge is 2.27. The number of nitrogen functional groups attached to an aromatic ring is 1. The van der Waals surface area contributed by atoms with Crippen LogP contribution in [0, 0.1) is 0 Å². The van der Waals surface area contributed by atoms with Crippen molar-refractivity contribution < 1.29 is 14.5 Å². The fraction of sp³-hybridized carbons (Fsp3) is 0.192. The first kappa shape index (κ1) is 25.7. The molecule has 194 valence electrons. The number of nitrogens with zero attached hydrogens (tertiary/aromatic N) is 5. The van der Waals surface area contributed by atoms with Crippen LogP contribution < -0.4 is 11.1 Å². The summed E-state index contributed by atoms with van der Waals surface area (Å²) >= 11 is 12.5. The predicted octanol–water partition coefficient (Wildman–Crippen LogP) is 4.39. The number of halogens is 2. The van der Waals surface area contributed by atoms with Crippen LogP contribution in [0.25, 0.3) is 33.8 Å². The van der Waals surface area contributed by atoms with Crippen LogP contribution in [0.3, 0.4) is 0 Å². The van der Waals surface area contributed by atoms with E-state index < -0.39 is 11.9 Å². The maximum Gasteiger partial charge on any atom is 0.255 e. The van der Waals surface area contributed by atoms with Crippen LogP contribution in [0.4, 0.5) is 5.82 Å². The lowest BCUT2D eigenvalue weighted by atomic mass is 10.1. The van der Waals surface area contributed by atoms with Crippen molar-refractivity contribution in [2.45, 2.75) is 25.9 Å². The van der Waals surface area contributed by atoms with Crippen molar-refractivity contribution in [1.82, 2.24) is 30.2 Å². The first-order valence-corrected chi connectivity index (χ1v) is 12.6. The molecule has 0 aliphatic heterocycles. The molecule has 10 nitrogen and oxygen atoms in total. The highest BCUT2D eigenvalue weighted by molar-refractivity contribution is 6.33. The average molecular weight is 552 g/mol. The Morgan fingerprint density at radius 1 is 1.13 bits per heavy atom. The molecule has 38 heavy (non-hydrogen) atoms. The molecule has 0 radical (unpaired) electrons. The van der Waals surface area contributed by atoms with Crippen molar-refractivity contribution >= 4 is 46.0 Å². The van der Waals surface area contributed by atoms with Crippen LogP contribution in [0.15, 0.2) is 59.4 Å². The van der Waals surface area contributed by atoms with Gasteiger partial charge in [0.1, 0.15) is 5.52 Å². The van der Waals surface area contributed by atoms with E-state index >= 15 is 0 Å². The topological polar surface area (TPSA) is 145 Å². The Morgan fingerprint density at radius 3 is 2.55 bits per heavy atom. The second kappa shape index (κ2) is 10.8. The second-order valence-electron chi connectivity index (χ2n) is 8.56. The van der Waals surface area contributed by atoms with E-state index in [0.29, 0.717) is 51.1 Å². The highest BCUT2D eigenvalue weighted by atomic mass is 35.5. The van der Waals surface area contributed by atoms with Gasteiger partial charge in [0.05, 0.1) is 34.4 Å². The highest BCUT2D eigenvalue weighted by Crippen LogP contribution is 2.36. The van der Waals surface area contributed by atoms with Crippen LogP contribution in [0.1, 0.15) is 22.8 Å². The molecule has 3 heterocycles. The number of rotatable bonds is 8. The molecule has 0 aliphatic rings. The van der Waals surface area contributed by atoms with E-state index in [0.717, 1.165) is 5.56 Å². The number of nitrogens with one attached hydrogen (secondary N) is 1. The van der Waals surface area contributed by atoms with Gasteiger partial charge in [0.2, 0.25) is 0 Å². The number of fused-ring (bicyclic) bond motifs is 1. The SMILES string of the molecule is CCn1c(-c2nonc2N)nc2c(-c3ccccc3Cl)ncc(C(=O)NC(CO)Cc3ccc(Cl)cc3)c21. The normalized spacial score (nSPS) is 12.1. The second-order valence-corrected chi connectivity index (χ2v) is 9.40. The molecule has 0 aliphatic carbocycles. The summed E-state index contributed by atoms with van der Waals surface area (Å²) in [7, 11) is 0. The molecule has 0 spiro atoms. The number of carbonyl (C=O) groups is 1. The summed E-state index contributed by atoms with van der Waals surface area (Å²) < 4.78 is 6.61. The van der Waals surface area contributed by atoms with Crippen molar-refractivity contribution in [1.29, 1.82) is 0 Å². The Balaban J connectivity index is 1.62. The van der Waals surface area contributed by atoms with Crippen molar-refractivity contribution in [3.63, 3.8) is 0 Å². The molecule has 0 saturated heterocycles. The van der Waals surface area contributed by atoms with E-state index in [9.17, 15) is 9.90 Å². The average Bonchev–Trinajstić information content (AvgIpc) is 3.52. The van der Waals surface area contributed by atoms with Gasteiger partial charge in [-0.15, -0.1) is 0 Å². The minimum absolute atomic E-state index is 0.0663. The van der Waals surface area contributed by atoms with Crippen LogP contribution in [0.5, 0.6) is 0 Å². The largest absolute Gasteiger partial charge is 0.394 e. The summed E-state index contributed by atoms with van der Waals surface area (Å²) in [6.07, 6.45) is 1.89. The van der Waals surface area contributed by atoms with Crippen molar-refractivity contribution in [3.8, 4) is 22.8 Å². The van der Waals surface area contributed by atoms with Gasteiger partial charge in [-0.25, -0.2) is 9.61 Å². The summed E-state index contributed by atoms with van der Waals surface area (Å²) in [5.74, 6) is 0.0154. The summed E-state index contributed by atoms with van der Waals surface area (Å²) in [5, 5.41) is 21.6. The van der Waals surface area contributed by atoms with E-state index in [-0.39, 0.29) is 23.7 Å². The molecule has 5 aromatic rings. The van der Waals surface area contributed by atoms with Crippen LogP contribution in [0.2, 0.25) is 10.0 Å². The third-order valence-corrected chi connectivity index (χ3v) is 6.72. The molecular weight excluding hydrogens is 529 g/mol. The van der Waals surface area contributed by atoms with Gasteiger partial charge in [-0.1, -0.05) is 53.5 Å². The molecule has 0 fully saturated rings. The molecule has 0 bridgehead atoms. The van der Waals surface area contributed by atoms with Crippen molar-refractivity contribution in [2.24, 2.45) is 0 Å². The Kier molecular flexibility index (Phi) is 7.28.